The van der Waals surface area contributed by atoms with Crippen molar-refractivity contribution in [2.75, 3.05) is 13.2 Å². The molecule has 1 spiro atoms. The van der Waals surface area contributed by atoms with Gasteiger partial charge in [-0.25, -0.2) is 4.79 Å². The van der Waals surface area contributed by atoms with Crippen LogP contribution in [0, 0.1) is 17.3 Å². The van der Waals surface area contributed by atoms with E-state index >= 15 is 0 Å². The normalized spacial score (nSPS) is 39.8. The first-order chi connectivity index (χ1) is 25.1. The zero-order valence-electron chi connectivity index (χ0n) is 31.3. The second kappa shape index (κ2) is 14.2. The molecule has 4 bridgehead atoms. The van der Waals surface area contributed by atoms with Crippen molar-refractivity contribution in [2.24, 2.45) is 17.3 Å². The molecule has 296 valence electrons. The second-order valence-electron chi connectivity index (χ2n) is 14.8. The molecule has 1 saturated heterocycles. The largest absolute Gasteiger partial charge is 0.465 e. The molecule has 2 unspecified atom stereocenters. The van der Waals surface area contributed by atoms with Gasteiger partial charge in [0, 0.05) is 47.0 Å². The third-order valence-corrected chi connectivity index (χ3v) is 11.2. The number of carbonyl (C=O) groups is 7. The fourth-order valence-electron chi connectivity index (χ4n) is 9.01. The third-order valence-electron chi connectivity index (χ3n) is 11.2. The Morgan fingerprint density at radius 3 is 1.96 bits per heavy atom. The predicted molar refractivity (Wildman–Crippen MR) is 176 cm³/mol. The Balaban J connectivity index is 1.95. The van der Waals surface area contributed by atoms with E-state index in [4.69, 9.17) is 37.9 Å². The summed E-state index contributed by atoms with van der Waals surface area (Å²) in [6.45, 7) is 8.81. The molecule has 2 saturated carbocycles. The molecule has 54 heavy (non-hydrogen) atoms. The van der Waals surface area contributed by atoms with Gasteiger partial charge in [0.1, 0.15) is 41.5 Å². The Hall–Kier alpha value is -4.68. The van der Waals surface area contributed by atoms with Crippen molar-refractivity contribution in [2.45, 2.75) is 122 Å². The Morgan fingerprint density at radius 2 is 1.41 bits per heavy atom. The van der Waals surface area contributed by atoms with Crippen molar-refractivity contribution in [3.05, 3.63) is 29.6 Å². The molecular formula is C36H45NO17. The molecule has 18 heteroatoms. The second-order valence-corrected chi connectivity index (χ2v) is 14.8. The van der Waals surface area contributed by atoms with Gasteiger partial charge in [-0.05, 0) is 31.4 Å². The molecule has 3 fully saturated rings. The molecule has 1 aromatic heterocycles. The first-order valence-corrected chi connectivity index (χ1v) is 17.3. The summed E-state index contributed by atoms with van der Waals surface area (Å²) in [5.74, 6) is -10.3. The molecule has 0 aromatic carbocycles. The van der Waals surface area contributed by atoms with E-state index < -0.39 is 132 Å². The maximum Gasteiger partial charge on any atom is 0.340 e. The first-order valence-electron chi connectivity index (χ1n) is 17.3. The summed E-state index contributed by atoms with van der Waals surface area (Å²) in [6.07, 6.45) is -9.27. The number of esters is 7. The number of carbonyl (C=O) groups excluding carboxylic acids is 7. The lowest BCUT2D eigenvalue weighted by molar-refractivity contribution is -0.386. The molecule has 4 aliphatic rings. The number of aromatic nitrogens is 1. The summed E-state index contributed by atoms with van der Waals surface area (Å²) in [4.78, 5) is 96.6. The first kappa shape index (κ1) is 40.5. The Kier molecular flexibility index (Phi) is 10.6. The van der Waals surface area contributed by atoms with Crippen molar-refractivity contribution in [3.63, 3.8) is 0 Å². The van der Waals surface area contributed by atoms with Crippen molar-refractivity contribution >= 4 is 41.8 Å². The van der Waals surface area contributed by atoms with Crippen LogP contribution < -0.4 is 0 Å². The van der Waals surface area contributed by atoms with E-state index in [2.05, 4.69) is 4.98 Å². The summed E-state index contributed by atoms with van der Waals surface area (Å²) >= 11 is 0. The van der Waals surface area contributed by atoms with Crippen LogP contribution in [0.5, 0.6) is 0 Å². The minimum Gasteiger partial charge on any atom is -0.465 e. The maximum absolute atomic E-state index is 14.2. The Bertz CT molecular complexity index is 1740. The van der Waals surface area contributed by atoms with Crippen LogP contribution in [-0.4, -0.2) is 124 Å². The zero-order chi connectivity index (χ0) is 40.3. The van der Waals surface area contributed by atoms with Gasteiger partial charge in [-0.15, -0.1) is 0 Å². The summed E-state index contributed by atoms with van der Waals surface area (Å²) in [6, 6.07) is 1.51. The van der Waals surface area contributed by atoms with Crippen molar-refractivity contribution < 1.29 is 81.7 Å². The lowest BCUT2D eigenvalue weighted by Gasteiger charge is -2.67. The number of pyridine rings is 1. The van der Waals surface area contributed by atoms with E-state index in [9.17, 15) is 43.8 Å². The van der Waals surface area contributed by atoms with E-state index in [0.29, 0.717) is 5.56 Å². The van der Waals surface area contributed by atoms with E-state index in [1.807, 2.05) is 0 Å². The number of rotatable bonds is 6. The molecule has 18 nitrogen and oxygen atoms in total. The molecular weight excluding hydrogens is 718 g/mol. The number of nitrogens with zero attached hydrogens (tertiary/aromatic N) is 1. The summed E-state index contributed by atoms with van der Waals surface area (Å²) < 4.78 is 47.6. The summed E-state index contributed by atoms with van der Waals surface area (Å²) in [5.41, 5.74) is -9.74. The molecule has 5 rings (SSSR count). The van der Waals surface area contributed by atoms with E-state index in [0.717, 1.165) is 41.5 Å². The highest BCUT2D eigenvalue weighted by Gasteiger charge is 2.90. The minimum absolute atomic E-state index is 0.0246. The number of aliphatic hydroxyl groups is 2. The highest BCUT2D eigenvalue weighted by molar-refractivity contribution is 5.91. The lowest BCUT2D eigenvalue weighted by atomic mass is 9.45. The maximum atomic E-state index is 14.2. The molecule has 2 N–H and O–H groups in total. The van der Waals surface area contributed by atoms with Crippen LogP contribution >= 0.6 is 0 Å². The van der Waals surface area contributed by atoms with Crippen molar-refractivity contribution in [3.8, 4) is 0 Å². The minimum atomic E-state index is -2.77. The highest BCUT2D eigenvalue weighted by atomic mass is 16.7. The number of fused-ring (bicyclic) bond motifs is 5. The van der Waals surface area contributed by atoms with Gasteiger partial charge < -0.3 is 48.1 Å². The standard InChI is InChI=1S/C36H45NO17/c1-15-16(2)31(44)53-28-26(50-19(5)40)30(52-21(7)42)35(14-47-17(3)38)29(51-20(6)41)25(49-18(4)39)24-27(43)36(35,34(28,9)46)54-33(24,8)13-48-32(45)23-12-37-11-10-22(15)23/h10-12,15-16,24-30,43,46H,13-14H2,1-9H3/t15?,16?,24-,25-,26+,27-,28+,29-,30+,33+,34+,35-,36+/m1/s1. The topological polar surface area (TPSA) is 247 Å². The monoisotopic (exact) mass is 763 g/mol. The quantitative estimate of drug-likeness (QED) is 0.295. The van der Waals surface area contributed by atoms with Crippen LogP contribution in [0.25, 0.3) is 0 Å². The average molecular weight is 764 g/mol. The van der Waals surface area contributed by atoms with Crippen LogP contribution in [0.1, 0.15) is 84.2 Å². The van der Waals surface area contributed by atoms with Gasteiger partial charge in [-0.2, -0.15) is 0 Å². The molecule has 2 aliphatic heterocycles. The number of hydrogen-bond donors (Lipinski definition) is 2. The fraction of sp³-hybridized carbons (Fsp3) is 0.667. The lowest BCUT2D eigenvalue weighted by Crippen LogP contribution is -2.89. The molecule has 13 atom stereocenters. The van der Waals surface area contributed by atoms with Crippen LogP contribution in [-0.2, 0) is 66.7 Å². The fourth-order valence-corrected chi connectivity index (χ4v) is 9.01. The van der Waals surface area contributed by atoms with Gasteiger partial charge >= 0.3 is 41.8 Å². The molecule has 2 aliphatic carbocycles. The number of ether oxygens (including phenoxy) is 8. The molecule has 0 amide bonds. The average Bonchev–Trinajstić information content (AvgIpc) is 3.27. The van der Waals surface area contributed by atoms with Crippen molar-refractivity contribution in [1.82, 2.24) is 4.98 Å². The summed E-state index contributed by atoms with van der Waals surface area (Å²) in [7, 11) is 0. The molecule has 3 heterocycles. The van der Waals surface area contributed by atoms with Crippen molar-refractivity contribution in [1.29, 1.82) is 0 Å². The van der Waals surface area contributed by atoms with Crippen LogP contribution in [0.4, 0.5) is 0 Å². The van der Waals surface area contributed by atoms with Crippen LogP contribution in [0.15, 0.2) is 18.5 Å². The van der Waals surface area contributed by atoms with E-state index in [1.165, 1.54) is 32.3 Å². The summed E-state index contributed by atoms with van der Waals surface area (Å²) in [5, 5.41) is 25.9. The number of hydrogen-bond acceptors (Lipinski definition) is 18. The van der Waals surface area contributed by atoms with Gasteiger partial charge in [0.2, 0.25) is 0 Å². The van der Waals surface area contributed by atoms with Gasteiger partial charge in [0.05, 0.1) is 23.5 Å². The molecule has 1 aromatic rings. The third kappa shape index (κ3) is 6.17. The van der Waals surface area contributed by atoms with Gasteiger partial charge in [0.25, 0.3) is 0 Å². The SMILES string of the molecule is CC(=O)OC[C@]12[C@H](OC(C)=O)[C@H](OC(C)=O)[C@@H]3[C@@H](O)[C@@]14O[C@@]3(C)COC(=O)c1cnccc1C(C)C(C)C(=O)O[C@@H]([C@H](OC(C)=O)[C@@H]2OC(C)=O)[C@]4(C)O. The smallest absolute Gasteiger partial charge is 0.340 e. The van der Waals surface area contributed by atoms with Gasteiger partial charge in [-0.3, -0.25) is 33.8 Å². The Labute approximate surface area is 310 Å². The van der Waals surface area contributed by atoms with Gasteiger partial charge in [0.15, 0.2) is 24.4 Å². The van der Waals surface area contributed by atoms with E-state index in [-0.39, 0.29) is 5.56 Å². The number of aliphatic hydroxyl groups excluding tert-OH is 1. The van der Waals surface area contributed by atoms with Crippen LogP contribution in [0.3, 0.4) is 0 Å². The van der Waals surface area contributed by atoms with Crippen LogP contribution in [0.2, 0.25) is 0 Å². The van der Waals surface area contributed by atoms with Gasteiger partial charge in [-0.1, -0.05) is 13.8 Å². The highest BCUT2D eigenvalue weighted by Crippen LogP contribution is 2.69. The zero-order valence-corrected chi connectivity index (χ0v) is 31.3. The molecule has 0 radical (unpaired) electrons. The van der Waals surface area contributed by atoms with E-state index in [1.54, 1.807) is 6.92 Å². The Morgan fingerprint density at radius 1 is 0.852 bits per heavy atom. The number of cyclic esters (lactones) is 1. The predicted octanol–water partition coefficient (Wildman–Crippen LogP) is 0.463.